The Kier molecular flexibility index (Phi) is 7.24. The van der Waals surface area contributed by atoms with Gasteiger partial charge in [0.15, 0.2) is 0 Å². The summed E-state index contributed by atoms with van der Waals surface area (Å²) in [7, 11) is 0. The summed E-state index contributed by atoms with van der Waals surface area (Å²) >= 11 is 1.83. The van der Waals surface area contributed by atoms with Gasteiger partial charge in [-0.1, -0.05) is 133 Å². The second kappa shape index (κ2) is 12.8. The summed E-state index contributed by atoms with van der Waals surface area (Å²) < 4.78 is 11.5. The van der Waals surface area contributed by atoms with Crippen LogP contribution >= 0.6 is 11.3 Å². The lowest BCUT2D eigenvalue weighted by Crippen LogP contribution is -2.31. The minimum atomic E-state index is -0.293. The molecule has 2 atom stereocenters. The van der Waals surface area contributed by atoms with E-state index in [1.54, 1.807) is 0 Å². The molecule has 0 bridgehead atoms. The van der Waals surface area contributed by atoms with Crippen molar-refractivity contribution in [3.05, 3.63) is 204 Å². The van der Waals surface area contributed by atoms with Gasteiger partial charge in [0.2, 0.25) is 0 Å². The predicted molar refractivity (Wildman–Crippen MR) is 238 cm³/mol. The second-order valence-electron chi connectivity index (χ2n) is 14.7. The number of benzene rings is 8. The van der Waals surface area contributed by atoms with E-state index in [9.17, 15) is 0 Å². The quantitative estimate of drug-likeness (QED) is 0.190. The molecule has 1 aliphatic rings. The van der Waals surface area contributed by atoms with Gasteiger partial charge in [0.1, 0.15) is 11.2 Å². The second-order valence-corrected chi connectivity index (χ2v) is 15.8. The highest BCUT2D eigenvalue weighted by molar-refractivity contribution is 7.25. The highest BCUT2D eigenvalue weighted by Crippen LogP contribution is 2.44. The van der Waals surface area contributed by atoms with Gasteiger partial charge in [0, 0.05) is 65.8 Å². The number of hydrogen-bond acceptors (Lipinski definition) is 4. The van der Waals surface area contributed by atoms with Crippen LogP contribution in [-0.2, 0) is 0 Å². The minimum Gasteiger partial charge on any atom is -0.456 e. The standard InChI is InChI=1S/C51H33N4OS/c1-3-13-31(14-4-1)49-52-50(32-15-5-2-6-16-32)54-51(53-49)39-20-12-24-46-48(39)40-29-33(25-28-45(40)57-46)35-19-11-23-43-47(35)38-27-26-34(30-44(38)56-43)55-41-21-9-7-17-36(41)37-18-8-10-22-42(37)55/h1-30,49,51,53H/q-1. The number of amidine groups is 1. The van der Waals surface area contributed by atoms with Crippen molar-refractivity contribution in [3.8, 4) is 16.8 Å². The third-order valence-corrected chi connectivity index (χ3v) is 12.6. The fraction of sp³-hybridized carbons (Fsp3) is 0.0392. The van der Waals surface area contributed by atoms with E-state index in [4.69, 9.17) is 14.7 Å². The number of aliphatic imine (C=N–C) groups is 1. The van der Waals surface area contributed by atoms with E-state index in [1.165, 1.54) is 42.0 Å². The lowest BCUT2D eigenvalue weighted by molar-refractivity contribution is 0.491. The van der Waals surface area contributed by atoms with Crippen LogP contribution in [0.3, 0.4) is 0 Å². The molecular weight excluding hydrogens is 717 g/mol. The monoisotopic (exact) mass is 749 g/mol. The zero-order chi connectivity index (χ0) is 37.5. The highest BCUT2D eigenvalue weighted by Gasteiger charge is 2.22. The van der Waals surface area contributed by atoms with E-state index in [0.717, 1.165) is 61.3 Å². The normalized spacial score (nSPS) is 15.9. The molecule has 0 saturated heterocycles. The maximum absolute atomic E-state index is 6.67. The summed E-state index contributed by atoms with van der Waals surface area (Å²) in [6.07, 6.45) is -0.528. The van der Waals surface area contributed by atoms with Crippen molar-refractivity contribution in [3.63, 3.8) is 0 Å². The topological polar surface area (TPSA) is 56.6 Å². The molecule has 3 aromatic heterocycles. The number of hydrogen-bond donors (Lipinski definition) is 1. The first-order chi connectivity index (χ1) is 28.2. The van der Waals surface area contributed by atoms with E-state index in [1.807, 2.05) is 35.6 Å². The SMILES string of the molecule is c1ccc(C2=NC(c3cccc4sc5ccc(-c6cccc7oc8cc(-n9c%10ccccc%10c%10ccccc%109)ccc8c67)cc5c34)NC(c3ccccc3)[N-]2)cc1. The number of fused-ring (bicyclic) bond motifs is 9. The number of rotatable bonds is 5. The van der Waals surface area contributed by atoms with Crippen LogP contribution < -0.4 is 5.32 Å². The zero-order valence-electron chi connectivity index (χ0n) is 30.6. The third-order valence-electron chi connectivity index (χ3n) is 11.4. The van der Waals surface area contributed by atoms with Crippen LogP contribution in [0.2, 0.25) is 0 Å². The van der Waals surface area contributed by atoms with Gasteiger partial charge in [-0.25, -0.2) is 0 Å². The van der Waals surface area contributed by atoms with E-state index >= 15 is 0 Å². The van der Waals surface area contributed by atoms with Crippen molar-refractivity contribution < 1.29 is 4.42 Å². The molecule has 8 aromatic carbocycles. The van der Waals surface area contributed by atoms with Crippen LogP contribution in [-0.4, -0.2) is 10.4 Å². The molecule has 0 saturated carbocycles. The van der Waals surface area contributed by atoms with E-state index in [2.05, 4.69) is 168 Å². The lowest BCUT2D eigenvalue weighted by Gasteiger charge is -2.40. The molecule has 12 rings (SSSR count). The lowest BCUT2D eigenvalue weighted by atomic mass is 9.96. The molecule has 0 fully saturated rings. The molecule has 2 unspecified atom stereocenters. The zero-order valence-corrected chi connectivity index (χ0v) is 31.4. The first kappa shape index (κ1) is 32.3. The first-order valence-corrected chi connectivity index (χ1v) is 20.1. The Morgan fingerprint density at radius 3 is 2.09 bits per heavy atom. The van der Waals surface area contributed by atoms with Gasteiger partial charge in [0.25, 0.3) is 0 Å². The Bertz CT molecular complexity index is 3320. The first-order valence-electron chi connectivity index (χ1n) is 19.3. The van der Waals surface area contributed by atoms with Crippen LogP contribution in [0.4, 0.5) is 0 Å². The molecule has 270 valence electrons. The van der Waals surface area contributed by atoms with E-state index < -0.39 is 0 Å². The van der Waals surface area contributed by atoms with E-state index in [-0.39, 0.29) is 12.3 Å². The van der Waals surface area contributed by atoms with Gasteiger partial charge in [-0.15, -0.1) is 11.3 Å². The molecule has 57 heavy (non-hydrogen) atoms. The Hall–Kier alpha value is -6.99. The van der Waals surface area contributed by atoms with Crippen molar-refractivity contribution in [2.45, 2.75) is 12.3 Å². The average Bonchev–Trinajstić information content (AvgIpc) is 3.96. The van der Waals surface area contributed by atoms with Gasteiger partial charge in [-0.3, -0.25) is 0 Å². The number of nitrogens with zero attached hydrogens (tertiary/aromatic N) is 3. The fourth-order valence-corrected chi connectivity index (χ4v) is 9.97. The largest absolute Gasteiger partial charge is 0.456 e. The van der Waals surface area contributed by atoms with Crippen molar-refractivity contribution in [1.29, 1.82) is 0 Å². The van der Waals surface area contributed by atoms with E-state index in [0.29, 0.717) is 0 Å². The highest BCUT2D eigenvalue weighted by atomic mass is 32.1. The Morgan fingerprint density at radius 2 is 1.28 bits per heavy atom. The van der Waals surface area contributed by atoms with Crippen LogP contribution in [0.5, 0.6) is 0 Å². The number of nitrogens with one attached hydrogen (secondary N) is 1. The molecule has 0 aliphatic carbocycles. The number of aromatic nitrogens is 1. The molecule has 11 aromatic rings. The van der Waals surface area contributed by atoms with Crippen molar-refractivity contribution in [2.75, 3.05) is 0 Å². The van der Waals surface area contributed by atoms with Crippen LogP contribution in [0.15, 0.2) is 191 Å². The molecule has 0 radical (unpaired) electrons. The maximum atomic E-state index is 6.67. The van der Waals surface area contributed by atoms with Crippen LogP contribution in [0.1, 0.15) is 29.0 Å². The molecule has 0 spiro atoms. The van der Waals surface area contributed by atoms with Crippen LogP contribution in [0, 0.1) is 0 Å². The molecule has 1 aliphatic heterocycles. The molecule has 5 nitrogen and oxygen atoms in total. The average molecular weight is 750 g/mol. The van der Waals surface area contributed by atoms with Gasteiger partial charge in [0.05, 0.1) is 11.0 Å². The number of thiophene rings is 1. The summed E-state index contributed by atoms with van der Waals surface area (Å²) in [5.41, 5.74) is 10.8. The Morgan fingerprint density at radius 1 is 0.544 bits per heavy atom. The van der Waals surface area contributed by atoms with Crippen molar-refractivity contribution in [1.82, 2.24) is 9.88 Å². The molecule has 4 heterocycles. The third kappa shape index (κ3) is 5.15. The predicted octanol–water partition coefficient (Wildman–Crippen LogP) is 13.8. The fourth-order valence-electron chi connectivity index (χ4n) is 8.85. The van der Waals surface area contributed by atoms with Crippen molar-refractivity contribution >= 4 is 81.1 Å². The molecule has 6 heteroatoms. The smallest absolute Gasteiger partial charge is 0.137 e. The summed E-state index contributed by atoms with van der Waals surface area (Å²) in [6.45, 7) is 0. The summed E-state index contributed by atoms with van der Waals surface area (Å²) in [6, 6.07) is 64.5. The minimum absolute atomic E-state index is 0.234. The van der Waals surface area contributed by atoms with Gasteiger partial charge in [-0.05, 0) is 76.3 Å². The van der Waals surface area contributed by atoms with Gasteiger partial charge in [-0.2, -0.15) is 0 Å². The molecular formula is C51H33N4OS-. The number of para-hydroxylation sites is 2. The van der Waals surface area contributed by atoms with Gasteiger partial charge >= 0.3 is 0 Å². The Balaban J connectivity index is 1.00. The van der Waals surface area contributed by atoms with Crippen LogP contribution in [0.25, 0.3) is 86.0 Å². The maximum Gasteiger partial charge on any atom is 0.137 e. The summed E-state index contributed by atoms with van der Waals surface area (Å²) in [5, 5.41) is 16.1. The number of furan rings is 1. The van der Waals surface area contributed by atoms with Crippen molar-refractivity contribution in [2.24, 2.45) is 4.99 Å². The van der Waals surface area contributed by atoms with Gasteiger partial charge < -0.3 is 24.6 Å². The summed E-state index contributed by atoms with van der Waals surface area (Å²) in [5.74, 6) is 0.755. The summed E-state index contributed by atoms with van der Waals surface area (Å²) in [4.78, 5) is 5.27. The Labute approximate surface area is 332 Å². The molecule has 1 N–H and O–H groups in total. The molecule has 0 amide bonds.